The third-order valence-corrected chi connectivity index (χ3v) is 4.97. The molecule has 0 spiro atoms. The second-order valence-electron chi connectivity index (χ2n) is 6.73. The highest BCUT2D eigenvalue weighted by Crippen LogP contribution is 2.26. The first-order chi connectivity index (χ1) is 15.2. The number of para-hydroxylation sites is 1. The van der Waals surface area contributed by atoms with Crippen molar-refractivity contribution in [2.45, 2.75) is 6.61 Å². The lowest BCUT2D eigenvalue weighted by Gasteiger charge is -2.10. The Morgan fingerprint density at radius 1 is 0.806 bits per heavy atom. The van der Waals surface area contributed by atoms with Gasteiger partial charge in [-0.15, -0.1) is 0 Å². The average molecular weight is 476 g/mol. The lowest BCUT2D eigenvalue weighted by Crippen LogP contribution is -2.00. The van der Waals surface area contributed by atoms with Crippen molar-refractivity contribution in [1.82, 2.24) is 0 Å². The van der Waals surface area contributed by atoms with Gasteiger partial charge >= 0.3 is 0 Å². The van der Waals surface area contributed by atoms with Crippen LogP contribution < -0.4 is 9.47 Å². The van der Waals surface area contributed by atoms with E-state index in [-0.39, 0.29) is 12.4 Å². The SMILES string of the molecule is Fc1ccccc1COc1ccc(Br)cc1C=Nc1ccc(Oc2ccccc2)cc1. The maximum atomic E-state index is 13.9. The molecule has 0 aromatic heterocycles. The summed E-state index contributed by atoms with van der Waals surface area (Å²) in [5.74, 6) is 1.86. The number of nitrogens with zero attached hydrogens (tertiary/aromatic N) is 1. The monoisotopic (exact) mass is 475 g/mol. The molecule has 0 heterocycles. The van der Waals surface area contributed by atoms with Gasteiger partial charge < -0.3 is 9.47 Å². The third kappa shape index (κ3) is 5.80. The minimum absolute atomic E-state index is 0.140. The zero-order valence-electron chi connectivity index (χ0n) is 16.5. The molecule has 5 heteroatoms. The van der Waals surface area contributed by atoms with Crippen molar-refractivity contribution in [3.8, 4) is 17.2 Å². The number of aliphatic imine (C=N–C) groups is 1. The molecule has 4 aromatic rings. The standard InChI is InChI=1S/C26H19BrFNO2/c27-21-10-15-26(30-18-19-6-4-5-9-25(19)28)20(16-21)17-29-22-11-13-24(14-12-22)31-23-7-2-1-3-8-23/h1-17H,18H2. The molecule has 0 fully saturated rings. The molecule has 0 unspecified atom stereocenters. The summed E-state index contributed by atoms with van der Waals surface area (Å²) in [6.07, 6.45) is 1.73. The van der Waals surface area contributed by atoms with Gasteiger partial charge in [-0.1, -0.05) is 52.3 Å². The molecule has 0 saturated carbocycles. The summed E-state index contributed by atoms with van der Waals surface area (Å²) >= 11 is 3.48. The van der Waals surface area contributed by atoms with E-state index in [0.717, 1.165) is 27.2 Å². The normalized spacial score (nSPS) is 10.9. The van der Waals surface area contributed by atoms with Crippen molar-refractivity contribution < 1.29 is 13.9 Å². The van der Waals surface area contributed by atoms with Crippen LogP contribution in [-0.4, -0.2) is 6.21 Å². The fourth-order valence-corrected chi connectivity index (χ4v) is 3.27. The number of rotatable bonds is 7. The van der Waals surface area contributed by atoms with Crippen LogP contribution >= 0.6 is 15.9 Å². The van der Waals surface area contributed by atoms with Crippen molar-refractivity contribution >= 4 is 27.8 Å². The Kier molecular flexibility index (Phi) is 6.75. The molecule has 3 nitrogen and oxygen atoms in total. The Bertz CT molecular complexity index is 1180. The van der Waals surface area contributed by atoms with E-state index >= 15 is 0 Å². The molecule has 0 radical (unpaired) electrons. The molecule has 0 aliphatic heterocycles. The summed E-state index contributed by atoms with van der Waals surface area (Å²) in [4.78, 5) is 4.54. The van der Waals surface area contributed by atoms with E-state index in [2.05, 4.69) is 20.9 Å². The third-order valence-electron chi connectivity index (χ3n) is 4.48. The molecule has 0 N–H and O–H groups in total. The Labute approximate surface area is 188 Å². The molecule has 4 rings (SSSR count). The van der Waals surface area contributed by atoms with Crippen molar-refractivity contribution in [3.05, 3.63) is 118 Å². The van der Waals surface area contributed by atoms with Crippen molar-refractivity contribution in [1.29, 1.82) is 0 Å². The van der Waals surface area contributed by atoms with Gasteiger partial charge in [0.05, 0.1) is 5.69 Å². The van der Waals surface area contributed by atoms with Crippen LogP contribution in [0.25, 0.3) is 0 Å². The topological polar surface area (TPSA) is 30.8 Å². The lowest BCUT2D eigenvalue weighted by atomic mass is 10.2. The maximum Gasteiger partial charge on any atom is 0.129 e. The summed E-state index contributed by atoms with van der Waals surface area (Å²) in [6.45, 7) is 0.140. The Hall–Kier alpha value is -3.44. The molecule has 0 aliphatic rings. The van der Waals surface area contributed by atoms with Gasteiger partial charge in [-0.05, 0) is 60.7 Å². The van der Waals surface area contributed by atoms with Gasteiger partial charge in [-0.3, -0.25) is 4.99 Å². The van der Waals surface area contributed by atoms with E-state index < -0.39 is 0 Å². The largest absolute Gasteiger partial charge is 0.488 e. The van der Waals surface area contributed by atoms with E-state index in [0.29, 0.717) is 11.3 Å². The van der Waals surface area contributed by atoms with Crippen LogP contribution in [-0.2, 0) is 6.61 Å². The van der Waals surface area contributed by atoms with E-state index in [1.807, 2.05) is 72.8 Å². The van der Waals surface area contributed by atoms with Gasteiger partial charge in [0.2, 0.25) is 0 Å². The second kappa shape index (κ2) is 10.0. The quantitative estimate of drug-likeness (QED) is 0.256. The molecule has 0 amide bonds. The molecule has 0 atom stereocenters. The summed E-state index contributed by atoms with van der Waals surface area (Å²) < 4.78 is 26.4. The molecule has 31 heavy (non-hydrogen) atoms. The summed E-state index contributed by atoms with van der Waals surface area (Å²) in [6, 6.07) is 29.3. The predicted octanol–water partition coefficient (Wildman–Crippen LogP) is 7.71. The molecule has 0 aliphatic carbocycles. The number of hydrogen-bond donors (Lipinski definition) is 0. The van der Waals surface area contributed by atoms with Gasteiger partial charge in [-0.25, -0.2) is 4.39 Å². The fourth-order valence-electron chi connectivity index (χ4n) is 2.89. The molecule has 0 bridgehead atoms. The highest BCUT2D eigenvalue weighted by molar-refractivity contribution is 9.10. The minimum atomic E-state index is -0.285. The fraction of sp³-hybridized carbons (Fsp3) is 0.0385. The van der Waals surface area contributed by atoms with Gasteiger partial charge in [-0.2, -0.15) is 0 Å². The van der Waals surface area contributed by atoms with Gasteiger partial charge in [0.15, 0.2) is 0 Å². The smallest absolute Gasteiger partial charge is 0.129 e. The zero-order chi connectivity index (χ0) is 21.5. The zero-order valence-corrected chi connectivity index (χ0v) is 18.1. The van der Waals surface area contributed by atoms with Gasteiger partial charge in [0.1, 0.15) is 29.7 Å². The van der Waals surface area contributed by atoms with Crippen molar-refractivity contribution in [2.75, 3.05) is 0 Å². The van der Waals surface area contributed by atoms with Crippen LogP contribution in [0, 0.1) is 5.82 Å². The Morgan fingerprint density at radius 2 is 1.52 bits per heavy atom. The predicted molar refractivity (Wildman–Crippen MR) is 125 cm³/mol. The van der Waals surface area contributed by atoms with Crippen LogP contribution in [0.1, 0.15) is 11.1 Å². The Morgan fingerprint density at radius 3 is 2.29 bits per heavy atom. The number of halogens is 2. The average Bonchev–Trinajstić information content (AvgIpc) is 2.80. The van der Waals surface area contributed by atoms with Crippen molar-refractivity contribution in [3.63, 3.8) is 0 Å². The molecular weight excluding hydrogens is 457 g/mol. The molecule has 154 valence electrons. The van der Waals surface area contributed by atoms with Crippen LogP contribution in [0.2, 0.25) is 0 Å². The minimum Gasteiger partial charge on any atom is -0.488 e. The van der Waals surface area contributed by atoms with E-state index in [9.17, 15) is 4.39 Å². The lowest BCUT2D eigenvalue weighted by molar-refractivity contribution is 0.299. The summed E-state index contributed by atoms with van der Waals surface area (Å²) in [5, 5.41) is 0. The molecule has 0 saturated heterocycles. The highest BCUT2D eigenvalue weighted by atomic mass is 79.9. The van der Waals surface area contributed by atoms with Crippen LogP contribution in [0.15, 0.2) is 107 Å². The first kappa shape index (κ1) is 20.8. The van der Waals surface area contributed by atoms with Crippen LogP contribution in [0.4, 0.5) is 10.1 Å². The first-order valence-corrected chi connectivity index (χ1v) is 10.5. The highest BCUT2D eigenvalue weighted by Gasteiger charge is 2.06. The maximum absolute atomic E-state index is 13.9. The Balaban J connectivity index is 1.47. The molecule has 4 aromatic carbocycles. The number of ether oxygens (including phenoxy) is 2. The summed E-state index contributed by atoms with van der Waals surface area (Å²) in [7, 11) is 0. The molecular formula is C26H19BrFNO2. The van der Waals surface area contributed by atoms with Gasteiger partial charge in [0, 0.05) is 21.8 Å². The van der Waals surface area contributed by atoms with E-state index in [1.54, 1.807) is 24.4 Å². The summed E-state index contributed by atoms with van der Waals surface area (Å²) in [5.41, 5.74) is 2.07. The number of hydrogen-bond acceptors (Lipinski definition) is 3. The van der Waals surface area contributed by atoms with Crippen molar-refractivity contribution in [2.24, 2.45) is 4.99 Å². The second-order valence-corrected chi connectivity index (χ2v) is 7.65. The van der Waals surface area contributed by atoms with Crippen LogP contribution in [0.3, 0.4) is 0 Å². The first-order valence-electron chi connectivity index (χ1n) is 9.70. The van der Waals surface area contributed by atoms with Crippen LogP contribution in [0.5, 0.6) is 17.2 Å². The van der Waals surface area contributed by atoms with E-state index in [1.165, 1.54) is 6.07 Å². The van der Waals surface area contributed by atoms with Gasteiger partial charge in [0.25, 0.3) is 0 Å². The van der Waals surface area contributed by atoms with E-state index in [4.69, 9.17) is 9.47 Å². The number of benzene rings is 4.